The number of aromatic nitrogens is 1. The zero-order valence-electron chi connectivity index (χ0n) is 26.4. The van der Waals surface area contributed by atoms with Crippen molar-refractivity contribution in [3.63, 3.8) is 0 Å². The van der Waals surface area contributed by atoms with Crippen LogP contribution in [0.5, 0.6) is 17.2 Å². The largest absolute Gasteiger partial charge is 0.493 e. The molecular formula is C37H38ClN3O5. The molecule has 3 aromatic carbocycles. The molecule has 1 unspecified atom stereocenters. The summed E-state index contributed by atoms with van der Waals surface area (Å²) >= 11 is 6.56. The highest BCUT2D eigenvalue weighted by Gasteiger charge is 2.20. The lowest BCUT2D eigenvalue weighted by molar-refractivity contribution is 0.101. The van der Waals surface area contributed by atoms with Crippen molar-refractivity contribution in [1.29, 1.82) is 5.26 Å². The molecule has 9 heteroatoms. The molecule has 1 saturated heterocycles. The number of benzene rings is 3. The minimum Gasteiger partial charge on any atom is -0.493 e. The van der Waals surface area contributed by atoms with Gasteiger partial charge in [-0.25, -0.2) is 0 Å². The van der Waals surface area contributed by atoms with Crippen LogP contribution in [-0.2, 0) is 13.2 Å². The van der Waals surface area contributed by atoms with E-state index in [-0.39, 0.29) is 25.1 Å². The fourth-order valence-corrected chi connectivity index (χ4v) is 5.88. The average Bonchev–Trinajstić information content (AvgIpc) is 3.47. The quantitative estimate of drug-likeness (QED) is 0.122. The van der Waals surface area contributed by atoms with Crippen LogP contribution in [0.3, 0.4) is 0 Å². The Labute approximate surface area is 275 Å². The molecule has 2 heterocycles. The second-order valence-corrected chi connectivity index (χ2v) is 12.0. The van der Waals surface area contributed by atoms with Crippen LogP contribution in [0.15, 0.2) is 67.0 Å². The SMILES string of the molecule is CC(=O)c1cc(Cl)c(OCc2cccc(-c3cccc(OCCCN4CCC(O)C4)c3C)c2C)cc1OCc1cncc(C#N)c1. The Morgan fingerprint density at radius 3 is 2.50 bits per heavy atom. The maximum atomic E-state index is 12.4. The maximum absolute atomic E-state index is 12.4. The van der Waals surface area contributed by atoms with Gasteiger partial charge in [-0.3, -0.25) is 9.78 Å². The fraction of sp³-hybridized carbons (Fsp3) is 0.324. The average molecular weight is 640 g/mol. The number of hydrogen-bond donors (Lipinski definition) is 1. The number of aliphatic hydroxyl groups excluding tert-OH is 1. The molecule has 1 fully saturated rings. The highest BCUT2D eigenvalue weighted by atomic mass is 35.5. The van der Waals surface area contributed by atoms with Gasteiger partial charge < -0.3 is 24.2 Å². The number of rotatable bonds is 13. The summed E-state index contributed by atoms with van der Waals surface area (Å²) in [5.41, 5.74) is 6.78. The summed E-state index contributed by atoms with van der Waals surface area (Å²) in [6.45, 7) is 9.20. The molecule has 0 aliphatic carbocycles. The number of Topliss-reactive ketones (excluding diaryl/α,β-unsaturated/α-hetero) is 1. The molecule has 1 aliphatic heterocycles. The fourth-order valence-electron chi connectivity index (χ4n) is 5.66. The van der Waals surface area contributed by atoms with E-state index >= 15 is 0 Å². The Morgan fingerprint density at radius 2 is 1.76 bits per heavy atom. The zero-order chi connectivity index (χ0) is 32.6. The van der Waals surface area contributed by atoms with E-state index in [4.69, 9.17) is 31.1 Å². The summed E-state index contributed by atoms with van der Waals surface area (Å²) in [7, 11) is 0. The third-order valence-electron chi connectivity index (χ3n) is 8.26. The van der Waals surface area contributed by atoms with Gasteiger partial charge in [0.1, 0.15) is 36.5 Å². The van der Waals surface area contributed by atoms with E-state index in [1.54, 1.807) is 24.4 Å². The van der Waals surface area contributed by atoms with Crippen molar-refractivity contribution in [1.82, 2.24) is 9.88 Å². The van der Waals surface area contributed by atoms with E-state index in [0.717, 1.165) is 66.0 Å². The van der Waals surface area contributed by atoms with Crippen LogP contribution in [0.4, 0.5) is 0 Å². The lowest BCUT2D eigenvalue weighted by atomic mass is 9.93. The molecule has 1 aromatic heterocycles. The van der Waals surface area contributed by atoms with Crippen LogP contribution in [0.25, 0.3) is 11.1 Å². The van der Waals surface area contributed by atoms with Gasteiger partial charge in [0, 0.05) is 43.7 Å². The van der Waals surface area contributed by atoms with E-state index in [9.17, 15) is 9.90 Å². The number of hydrogen-bond acceptors (Lipinski definition) is 8. The third-order valence-corrected chi connectivity index (χ3v) is 8.55. The molecular weight excluding hydrogens is 602 g/mol. The first-order valence-electron chi connectivity index (χ1n) is 15.4. The van der Waals surface area contributed by atoms with Gasteiger partial charge in [-0.2, -0.15) is 5.26 Å². The molecule has 8 nitrogen and oxygen atoms in total. The van der Waals surface area contributed by atoms with Crippen molar-refractivity contribution in [3.8, 4) is 34.4 Å². The Kier molecular flexibility index (Phi) is 10.9. The van der Waals surface area contributed by atoms with Crippen molar-refractivity contribution >= 4 is 17.4 Å². The minimum atomic E-state index is -0.205. The van der Waals surface area contributed by atoms with Crippen LogP contribution in [-0.4, -0.2) is 53.1 Å². The standard InChI is InChI=1S/C37H38ClN3O5/c1-24-29(7-4-8-31(24)32-9-5-10-35(25(32)2)44-14-6-12-41-13-11-30(43)21-41)23-46-37-17-36(33(26(3)42)16-34(37)38)45-22-28-15-27(18-39)19-40-20-28/h4-5,7-10,15-17,19-20,30,43H,6,11-14,21-23H2,1-3H3. The predicted molar refractivity (Wildman–Crippen MR) is 178 cm³/mol. The number of ketones is 1. The minimum absolute atomic E-state index is 0.121. The van der Waals surface area contributed by atoms with Crippen molar-refractivity contribution in [3.05, 3.63) is 105 Å². The molecule has 5 rings (SSSR count). The number of carbonyl (C=O) groups excluding carboxylic acids is 1. The van der Waals surface area contributed by atoms with Gasteiger partial charge in [-0.05, 0) is 79.6 Å². The number of β-amino-alcohol motifs (C(OH)–C–C–N with tert-alkyl or cyclic N) is 1. The molecule has 0 amide bonds. The van der Waals surface area contributed by atoms with Crippen molar-refractivity contribution < 1.29 is 24.1 Å². The van der Waals surface area contributed by atoms with Crippen LogP contribution >= 0.6 is 11.6 Å². The van der Waals surface area contributed by atoms with E-state index in [2.05, 4.69) is 41.9 Å². The number of likely N-dealkylation sites (tertiary alicyclic amines) is 1. The number of aliphatic hydroxyl groups is 1. The monoisotopic (exact) mass is 639 g/mol. The molecule has 0 saturated carbocycles. The van der Waals surface area contributed by atoms with E-state index in [1.807, 2.05) is 24.3 Å². The summed E-state index contributed by atoms with van der Waals surface area (Å²) in [5.74, 6) is 1.40. The molecule has 4 aromatic rings. The van der Waals surface area contributed by atoms with Crippen molar-refractivity contribution in [2.45, 2.75) is 52.9 Å². The molecule has 0 spiro atoms. The lowest BCUT2D eigenvalue weighted by Gasteiger charge is -2.18. The highest BCUT2D eigenvalue weighted by molar-refractivity contribution is 6.32. The summed E-state index contributed by atoms with van der Waals surface area (Å²) in [4.78, 5) is 18.7. The van der Waals surface area contributed by atoms with Gasteiger partial charge in [0.2, 0.25) is 0 Å². The first-order valence-corrected chi connectivity index (χ1v) is 15.8. The zero-order valence-corrected chi connectivity index (χ0v) is 27.1. The van der Waals surface area contributed by atoms with Gasteiger partial charge >= 0.3 is 0 Å². The van der Waals surface area contributed by atoms with Gasteiger partial charge in [0.15, 0.2) is 5.78 Å². The lowest BCUT2D eigenvalue weighted by Crippen LogP contribution is -2.24. The molecule has 46 heavy (non-hydrogen) atoms. The Hall–Kier alpha value is -4.42. The molecule has 1 atom stereocenters. The number of halogens is 1. The van der Waals surface area contributed by atoms with Gasteiger partial charge in [0.25, 0.3) is 0 Å². The number of nitriles is 1. The Balaban J connectivity index is 1.28. The van der Waals surface area contributed by atoms with Crippen molar-refractivity contribution in [2.24, 2.45) is 0 Å². The smallest absolute Gasteiger partial charge is 0.163 e. The van der Waals surface area contributed by atoms with Gasteiger partial charge in [0.05, 0.1) is 28.9 Å². The van der Waals surface area contributed by atoms with E-state index < -0.39 is 0 Å². The Morgan fingerprint density at radius 1 is 1.00 bits per heavy atom. The number of pyridine rings is 1. The normalized spacial score (nSPS) is 14.6. The van der Waals surface area contributed by atoms with Crippen LogP contribution in [0, 0.1) is 25.2 Å². The summed E-state index contributed by atoms with van der Waals surface area (Å²) in [6, 6.07) is 19.2. The molecule has 1 aliphatic rings. The maximum Gasteiger partial charge on any atom is 0.163 e. The number of nitrogens with zero attached hydrogens (tertiary/aromatic N) is 3. The second kappa shape index (κ2) is 15.2. The summed E-state index contributed by atoms with van der Waals surface area (Å²) in [6.07, 6.45) is 4.63. The van der Waals surface area contributed by atoms with Crippen LogP contribution < -0.4 is 14.2 Å². The van der Waals surface area contributed by atoms with E-state index in [0.29, 0.717) is 39.8 Å². The Bertz CT molecular complexity index is 1750. The first-order chi connectivity index (χ1) is 22.2. The van der Waals surface area contributed by atoms with Gasteiger partial charge in [-0.1, -0.05) is 41.9 Å². The summed E-state index contributed by atoms with van der Waals surface area (Å²) < 4.78 is 18.4. The van der Waals surface area contributed by atoms with Crippen LogP contribution in [0.1, 0.15) is 57.9 Å². The second-order valence-electron chi connectivity index (χ2n) is 11.6. The highest BCUT2D eigenvalue weighted by Crippen LogP contribution is 2.36. The molecule has 1 N–H and O–H groups in total. The summed E-state index contributed by atoms with van der Waals surface area (Å²) in [5, 5.41) is 19.2. The topological polar surface area (TPSA) is 105 Å². The third kappa shape index (κ3) is 8.04. The molecule has 0 bridgehead atoms. The van der Waals surface area contributed by atoms with Crippen molar-refractivity contribution in [2.75, 3.05) is 26.2 Å². The number of carbonyl (C=O) groups is 1. The molecule has 0 radical (unpaired) electrons. The van der Waals surface area contributed by atoms with Gasteiger partial charge in [-0.15, -0.1) is 0 Å². The van der Waals surface area contributed by atoms with Crippen LogP contribution in [0.2, 0.25) is 5.02 Å². The number of ether oxygens (including phenoxy) is 3. The predicted octanol–water partition coefficient (Wildman–Crippen LogP) is 7.09. The van der Waals surface area contributed by atoms with E-state index in [1.165, 1.54) is 13.1 Å². The first kappa shape index (κ1) is 33.0. The molecule has 238 valence electrons.